The Labute approximate surface area is 231 Å². The molecule has 3 aromatic rings. The number of anilines is 2. The van der Waals surface area contributed by atoms with Crippen molar-refractivity contribution >= 4 is 45.9 Å². The lowest BCUT2D eigenvalue weighted by molar-refractivity contribution is -0.139. The summed E-state index contributed by atoms with van der Waals surface area (Å²) >= 11 is 3.19. The zero-order valence-corrected chi connectivity index (χ0v) is 23.7. The van der Waals surface area contributed by atoms with Gasteiger partial charge >= 0.3 is 11.9 Å². The van der Waals surface area contributed by atoms with Gasteiger partial charge in [-0.25, -0.2) is 14.6 Å². The monoisotopic (exact) mass is 549 g/mol. The highest BCUT2D eigenvalue weighted by Gasteiger charge is 2.39. The first-order valence-corrected chi connectivity index (χ1v) is 14.5. The van der Waals surface area contributed by atoms with E-state index >= 15 is 0 Å². The minimum absolute atomic E-state index is 0.222. The van der Waals surface area contributed by atoms with E-state index in [0.717, 1.165) is 22.5 Å². The van der Waals surface area contributed by atoms with Gasteiger partial charge in [0.2, 0.25) is 0 Å². The fraction of sp³-hybridized carbons (Fsp3) is 0.276. The van der Waals surface area contributed by atoms with E-state index in [-0.39, 0.29) is 13.2 Å². The van der Waals surface area contributed by atoms with Crippen molar-refractivity contribution in [2.45, 2.75) is 38.5 Å². The van der Waals surface area contributed by atoms with Gasteiger partial charge in [-0.2, -0.15) is 0 Å². The van der Waals surface area contributed by atoms with Gasteiger partial charge in [0, 0.05) is 32.9 Å². The quantitative estimate of drug-likeness (QED) is 0.227. The summed E-state index contributed by atoms with van der Waals surface area (Å²) in [5.41, 5.74) is 5.42. The van der Waals surface area contributed by atoms with Crippen LogP contribution in [0.3, 0.4) is 0 Å². The van der Waals surface area contributed by atoms with Gasteiger partial charge in [-0.1, -0.05) is 30.3 Å². The molecule has 1 aliphatic rings. The van der Waals surface area contributed by atoms with Crippen molar-refractivity contribution in [3.05, 3.63) is 82.0 Å². The lowest BCUT2D eigenvalue weighted by Gasteiger charge is -2.31. The van der Waals surface area contributed by atoms with Gasteiger partial charge < -0.3 is 20.1 Å². The molecular formula is C29H31N3O4S2. The van der Waals surface area contributed by atoms with Crippen LogP contribution in [0, 0.1) is 0 Å². The number of ether oxygens (including phenoxy) is 2. The molecule has 0 saturated carbocycles. The van der Waals surface area contributed by atoms with Crippen molar-refractivity contribution in [1.82, 2.24) is 10.3 Å². The first-order chi connectivity index (χ1) is 18.4. The number of nitrogens with zero attached hydrogens (tertiary/aromatic N) is 1. The third kappa shape index (κ3) is 5.79. The Hall–Kier alpha value is -3.56. The molecule has 0 bridgehead atoms. The molecule has 0 fully saturated rings. The van der Waals surface area contributed by atoms with Gasteiger partial charge in [0.05, 0.1) is 36.0 Å². The van der Waals surface area contributed by atoms with Crippen LogP contribution in [0.4, 0.5) is 10.8 Å². The smallest absolute Gasteiger partial charge is 0.336 e. The predicted molar refractivity (Wildman–Crippen MR) is 154 cm³/mol. The number of hydrogen-bond acceptors (Lipinski definition) is 9. The molecule has 0 amide bonds. The molecule has 0 unspecified atom stereocenters. The third-order valence-corrected chi connectivity index (χ3v) is 7.66. The number of thioether (sulfide) groups is 1. The number of rotatable bonds is 9. The first-order valence-electron chi connectivity index (χ1n) is 12.4. The second-order valence-corrected chi connectivity index (χ2v) is 10.3. The number of carbonyl (C=O) groups excluding carboxylic acids is 2. The molecule has 9 heteroatoms. The summed E-state index contributed by atoms with van der Waals surface area (Å²) in [5.74, 6) is -1.63. The number of carbonyl (C=O) groups is 2. The molecule has 38 heavy (non-hydrogen) atoms. The third-order valence-electron chi connectivity index (χ3n) is 6.15. The Morgan fingerprint density at radius 3 is 2.16 bits per heavy atom. The molecule has 1 aromatic heterocycles. The first kappa shape index (κ1) is 27.5. The maximum Gasteiger partial charge on any atom is 0.336 e. The number of aromatic nitrogens is 1. The summed E-state index contributed by atoms with van der Waals surface area (Å²) in [6.45, 7) is 7.60. The minimum atomic E-state index is -0.684. The zero-order valence-electron chi connectivity index (χ0n) is 22.1. The molecule has 1 aliphatic heterocycles. The van der Waals surface area contributed by atoms with Gasteiger partial charge in [0.1, 0.15) is 0 Å². The molecule has 0 aliphatic carbocycles. The SMILES string of the molecule is CCOC(=O)C1=C(C)NC(C)=C(C(=O)OCC)C1c1ccccc1Nc1nc(-c2ccc(SC)cc2)cs1. The summed E-state index contributed by atoms with van der Waals surface area (Å²) < 4.78 is 10.8. The molecule has 2 N–H and O–H groups in total. The molecule has 2 heterocycles. The van der Waals surface area contributed by atoms with Crippen LogP contribution in [0.5, 0.6) is 0 Å². The number of allylic oxidation sites excluding steroid dienone is 2. The lowest BCUT2D eigenvalue weighted by atomic mass is 9.79. The molecule has 0 spiro atoms. The number of para-hydroxylation sites is 1. The fourth-order valence-corrected chi connectivity index (χ4v) is 5.61. The van der Waals surface area contributed by atoms with Gasteiger partial charge in [-0.05, 0) is 57.7 Å². The summed E-state index contributed by atoms with van der Waals surface area (Å²) in [6, 6.07) is 15.9. The molecule has 0 radical (unpaired) electrons. The van der Waals surface area contributed by atoms with Gasteiger partial charge in [0.15, 0.2) is 5.13 Å². The van der Waals surface area contributed by atoms with Crippen LogP contribution in [0.1, 0.15) is 39.2 Å². The van der Waals surface area contributed by atoms with E-state index in [1.54, 1.807) is 25.6 Å². The normalized spacial score (nSPS) is 13.8. The highest BCUT2D eigenvalue weighted by Crippen LogP contribution is 2.43. The van der Waals surface area contributed by atoms with Gasteiger partial charge in [-0.15, -0.1) is 23.1 Å². The molecule has 2 aromatic carbocycles. The molecule has 0 atom stereocenters. The maximum absolute atomic E-state index is 13.2. The van der Waals surface area contributed by atoms with Crippen LogP contribution in [0.2, 0.25) is 0 Å². The summed E-state index contributed by atoms with van der Waals surface area (Å²) in [5, 5.41) is 9.32. The summed E-state index contributed by atoms with van der Waals surface area (Å²) in [4.78, 5) is 32.3. The number of hydrogen-bond donors (Lipinski definition) is 2. The Balaban J connectivity index is 1.75. The number of benzene rings is 2. The van der Waals surface area contributed by atoms with E-state index in [9.17, 15) is 9.59 Å². The fourth-order valence-electron chi connectivity index (χ4n) is 4.47. The minimum Gasteiger partial charge on any atom is -0.463 e. The molecule has 198 valence electrons. The van der Waals surface area contributed by atoms with Crippen LogP contribution in [-0.2, 0) is 19.1 Å². The van der Waals surface area contributed by atoms with E-state index in [2.05, 4.69) is 34.9 Å². The predicted octanol–water partition coefficient (Wildman–Crippen LogP) is 6.64. The van der Waals surface area contributed by atoms with Crippen molar-refractivity contribution in [2.75, 3.05) is 24.8 Å². The van der Waals surface area contributed by atoms with E-state index in [1.165, 1.54) is 16.2 Å². The second kappa shape index (κ2) is 12.3. The number of esters is 2. The molecule has 4 rings (SSSR count). The van der Waals surface area contributed by atoms with Crippen molar-refractivity contribution in [3.63, 3.8) is 0 Å². The second-order valence-electron chi connectivity index (χ2n) is 8.55. The van der Waals surface area contributed by atoms with Crippen molar-refractivity contribution < 1.29 is 19.1 Å². The summed E-state index contributed by atoms with van der Waals surface area (Å²) in [6.07, 6.45) is 2.05. The van der Waals surface area contributed by atoms with Crippen LogP contribution >= 0.6 is 23.1 Å². The molecule has 0 saturated heterocycles. The molecular weight excluding hydrogens is 518 g/mol. The van der Waals surface area contributed by atoms with Crippen molar-refractivity contribution in [2.24, 2.45) is 0 Å². The average Bonchev–Trinajstić information content (AvgIpc) is 3.37. The Bertz CT molecular complexity index is 1350. The highest BCUT2D eigenvalue weighted by molar-refractivity contribution is 7.98. The zero-order chi connectivity index (χ0) is 27.2. The largest absolute Gasteiger partial charge is 0.463 e. The lowest BCUT2D eigenvalue weighted by Crippen LogP contribution is -2.32. The molecule has 7 nitrogen and oxygen atoms in total. The number of nitrogens with one attached hydrogen (secondary N) is 2. The standard InChI is InChI=1S/C29H31N3O4S2/c1-6-35-27(33)24-17(3)30-18(4)25(28(34)36-7-2)26(24)21-10-8-9-11-22(21)31-29-32-23(16-38-29)19-12-14-20(37-5)15-13-19/h8-16,26,30H,6-7H2,1-5H3,(H,31,32). The topological polar surface area (TPSA) is 89.5 Å². The average molecular weight is 550 g/mol. The van der Waals surface area contributed by atoms with Gasteiger partial charge in [-0.3, -0.25) is 0 Å². The van der Waals surface area contributed by atoms with E-state index in [0.29, 0.717) is 27.7 Å². The van der Waals surface area contributed by atoms with Crippen LogP contribution in [0.15, 0.2) is 81.3 Å². The maximum atomic E-state index is 13.2. The summed E-state index contributed by atoms with van der Waals surface area (Å²) in [7, 11) is 0. The highest BCUT2D eigenvalue weighted by atomic mass is 32.2. The van der Waals surface area contributed by atoms with Crippen LogP contribution in [0.25, 0.3) is 11.3 Å². The Morgan fingerprint density at radius 2 is 1.58 bits per heavy atom. The number of thiazole rings is 1. The number of dihydropyridines is 1. The van der Waals surface area contributed by atoms with Crippen LogP contribution in [-0.4, -0.2) is 36.4 Å². The Kier molecular flexibility index (Phi) is 8.91. The van der Waals surface area contributed by atoms with Crippen molar-refractivity contribution in [3.8, 4) is 11.3 Å². The van der Waals surface area contributed by atoms with E-state index in [1.807, 2.05) is 49.7 Å². The Morgan fingerprint density at radius 1 is 0.974 bits per heavy atom. The van der Waals surface area contributed by atoms with Gasteiger partial charge in [0.25, 0.3) is 0 Å². The van der Waals surface area contributed by atoms with E-state index in [4.69, 9.17) is 14.5 Å². The van der Waals surface area contributed by atoms with Crippen molar-refractivity contribution in [1.29, 1.82) is 0 Å². The van der Waals surface area contributed by atoms with Crippen LogP contribution < -0.4 is 10.6 Å². The van der Waals surface area contributed by atoms with E-state index < -0.39 is 17.9 Å².